The Morgan fingerprint density at radius 2 is 1.72 bits per heavy atom. The fourth-order valence-corrected chi connectivity index (χ4v) is 1.70. The predicted octanol–water partition coefficient (Wildman–Crippen LogP) is 3.52. The summed E-state index contributed by atoms with van der Waals surface area (Å²) < 4.78 is 0. The lowest BCUT2D eigenvalue weighted by Crippen LogP contribution is -2.03. The first-order chi connectivity index (χ1) is 8.88. The van der Waals surface area contributed by atoms with Gasteiger partial charge in [-0.3, -0.25) is 4.98 Å². The van der Waals surface area contributed by atoms with Crippen LogP contribution in [0.15, 0.2) is 48.8 Å². The SMILES string of the molecule is CCCNc1cncc(NCc2ccccc2)c1. The molecule has 0 saturated carbocycles. The third kappa shape index (κ3) is 3.77. The van der Waals surface area contributed by atoms with E-state index in [1.165, 1.54) is 5.56 Å². The summed E-state index contributed by atoms with van der Waals surface area (Å²) in [5.74, 6) is 0. The average molecular weight is 241 g/mol. The number of nitrogens with zero attached hydrogens (tertiary/aromatic N) is 1. The zero-order valence-corrected chi connectivity index (χ0v) is 10.7. The van der Waals surface area contributed by atoms with Crippen molar-refractivity contribution in [2.45, 2.75) is 19.9 Å². The summed E-state index contributed by atoms with van der Waals surface area (Å²) in [4.78, 5) is 4.22. The molecular formula is C15H19N3. The fourth-order valence-electron chi connectivity index (χ4n) is 1.70. The number of benzene rings is 1. The molecule has 3 heteroatoms. The van der Waals surface area contributed by atoms with Crippen molar-refractivity contribution >= 4 is 11.4 Å². The van der Waals surface area contributed by atoms with E-state index in [9.17, 15) is 0 Å². The molecule has 0 spiro atoms. The summed E-state index contributed by atoms with van der Waals surface area (Å²) in [6.45, 7) is 3.95. The second kappa shape index (κ2) is 6.64. The third-order valence-corrected chi connectivity index (χ3v) is 2.66. The highest BCUT2D eigenvalue weighted by molar-refractivity contribution is 5.54. The van der Waals surface area contributed by atoms with Gasteiger partial charge in [-0.05, 0) is 18.1 Å². The minimum Gasteiger partial charge on any atom is -0.384 e. The predicted molar refractivity (Wildman–Crippen MR) is 76.8 cm³/mol. The highest BCUT2D eigenvalue weighted by Gasteiger charge is 1.96. The van der Waals surface area contributed by atoms with E-state index in [1.54, 1.807) is 0 Å². The Morgan fingerprint density at radius 3 is 2.44 bits per heavy atom. The maximum Gasteiger partial charge on any atom is 0.0550 e. The van der Waals surface area contributed by atoms with Crippen LogP contribution in [0, 0.1) is 0 Å². The first kappa shape index (κ1) is 12.4. The van der Waals surface area contributed by atoms with Crippen molar-refractivity contribution in [3.63, 3.8) is 0 Å². The molecule has 3 nitrogen and oxygen atoms in total. The summed E-state index contributed by atoms with van der Waals surface area (Å²) in [5.41, 5.74) is 3.37. The van der Waals surface area contributed by atoms with Crippen LogP contribution in [0.1, 0.15) is 18.9 Å². The molecule has 18 heavy (non-hydrogen) atoms. The van der Waals surface area contributed by atoms with E-state index in [2.05, 4.69) is 52.9 Å². The molecule has 0 amide bonds. The molecule has 0 aliphatic carbocycles. The molecule has 0 aliphatic heterocycles. The Balaban J connectivity index is 1.93. The smallest absolute Gasteiger partial charge is 0.0550 e. The van der Waals surface area contributed by atoms with Crippen molar-refractivity contribution in [3.05, 3.63) is 54.4 Å². The van der Waals surface area contributed by atoms with E-state index in [4.69, 9.17) is 0 Å². The largest absolute Gasteiger partial charge is 0.384 e. The summed E-state index contributed by atoms with van der Waals surface area (Å²) in [6.07, 6.45) is 4.81. The van der Waals surface area contributed by atoms with Crippen molar-refractivity contribution < 1.29 is 0 Å². The number of hydrogen-bond donors (Lipinski definition) is 2. The van der Waals surface area contributed by atoms with Crippen LogP contribution in [0.2, 0.25) is 0 Å². The van der Waals surface area contributed by atoms with Gasteiger partial charge in [-0.25, -0.2) is 0 Å². The zero-order chi connectivity index (χ0) is 12.6. The lowest BCUT2D eigenvalue weighted by Gasteiger charge is -2.09. The molecule has 0 bridgehead atoms. The van der Waals surface area contributed by atoms with Gasteiger partial charge in [0.05, 0.1) is 23.8 Å². The van der Waals surface area contributed by atoms with Gasteiger partial charge in [-0.1, -0.05) is 37.3 Å². The number of anilines is 2. The van der Waals surface area contributed by atoms with Gasteiger partial charge in [0.15, 0.2) is 0 Å². The Hall–Kier alpha value is -2.03. The van der Waals surface area contributed by atoms with Crippen molar-refractivity contribution in [2.75, 3.05) is 17.2 Å². The van der Waals surface area contributed by atoms with E-state index >= 15 is 0 Å². The Bertz CT molecular complexity index is 468. The summed E-state index contributed by atoms with van der Waals surface area (Å²) in [6, 6.07) is 12.4. The van der Waals surface area contributed by atoms with E-state index in [1.807, 2.05) is 18.5 Å². The molecule has 2 aromatic rings. The highest BCUT2D eigenvalue weighted by atomic mass is 14.9. The van der Waals surface area contributed by atoms with Crippen molar-refractivity contribution in [3.8, 4) is 0 Å². The molecule has 0 radical (unpaired) electrons. The van der Waals surface area contributed by atoms with E-state index < -0.39 is 0 Å². The maximum absolute atomic E-state index is 4.22. The van der Waals surface area contributed by atoms with Crippen molar-refractivity contribution in [1.82, 2.24) is 4.98 Å². The molecule has 1 aromatic carbocycles. The number of nitrogens with one attached hydrogen (secondary N) is 2. The minimum absolute atomic E-state index is 0.819. The van der Waals surface area contributed by atoms with Gasteiger partial charge in [-0.15, -0.1) is 0 Å². The molecule has 2 N–H and O–H groups in total. The van der Waals surface area contributed by atoms with E-state index in [0.29, 0.717) is 0 Å². The molecule has 0 atom stereocenters. The van der Waals surface area contributed by atoms with Gasteiger partial charge >= 0.3 is 0 Å². The molecule has 94 valence electrons. The Labute approximate surface area is 108 Å². The average Bonchev–Trinajstić information content (AvgIpc) is 2.44. The lowest BCUT2D eigenvalue weighted by molar-refractivity contribution is 0.977. The molecule has 0 aliphatic rings. The van der Waals surface area contributed by atoms with Crippen LogP contribution in [-0.2, 0) is 6.54 Å². The number of rotatable bonds is 6. The van der Waals surface area contributed by atoms with Crippen LogP contribution in [0.25, 0.3) is 0 Å². The second-order valence-corrected chi connectivity index (χ2v) is 4.23. The summed E-state index contributed by atoms with van der Waals surface area (Å²) in [5, 5.41) is 6.71. The standard InChI is InChI=1S/C15H19N3/c1-2-8-17-14-9-15(12-16-11-14)18-10-13-6-4-3-5-7-13/h3-7,9,11-12,17-18H,2,8,10H2,1H3. The summed E-state index contributed by atoms with van der Waals surface area (Å²) in [7, 11) is 0. The van der Waals surface area contributed by atoms with Gasteiger partial charge in [0, 0.05) is 13.1 Å². The van der Waals surface area contributed by atoms with Gasteiger partial charge in [0.25, 0.3) is 0 Å². The quantitative estimate of drug-likeness (QED) is 0.812. The molecule has 0 saturated heterocycles. The first-order valence-electron chi connectivity index (χ1n) is 6.35. The van der Waals surface area contributed by atoms with Crippen LogP contribution < -0.4 is 10.6 Å². The van der Waals surface area contributed by atoms with Crippen molar-refractivity contribution in [2.24, 2.45) is 0 Å². The minimum atomic E-state index is 0.819. The lowest BCUT2D eigenvalue weighted by atomic mass is 10.2. The van der Waals surface area contributed by atoms with Gasteiger partial charge in [0.1, 0.15) is 0 Å². The fraction of sp³-hybridized carbons (Fsp3) is 0.267. The Kier molecular flexibility index (Phi) is 4.59. The van der Waals surface area contributed by atoms with Crippen LogP contribution >= 0.6 is 0 Å². The zero-order valence-electron chi connectivity index (χ0n) is 10.7. The van der Waals surface area contributed by atoms with Gasteiger partial charge < -0.3 is 10.6 Å². The monoisotopic (exact) mass is 241 g/mol. The van der Waals surface area contributed by atoms with Crippen molar-refractivity contribution in [1.29, 1.82) is 0 Å². The second-order valence-electron chi connectivity index (χ2n) is 4.23. The number of aromatic nitrogens is 1. The highest BCUT2D eigenvalue weighted by Crippen LogP contribution is 2.14. The molecule has 0 fully saturated rings. The molecular weight excluding hydrogens is 222 g/mol. The summed E-state index contributed by atoms with van der Waals surface area (Å²) >= 11 is 0. The van der Waals surface area contributed by atoms with Crippen LogP contribution in [-0.4, -0.2) is 11.5 Å². The van der Waals surface area contributed by atoms with E-state index in [0.717, 1.165) is 30.9 Å². The van der Waals surface area contributed by atoms with Crippen LogP contribution in [0.3, 0.4) is 0 Å². The maximum atomic E-state index is 4.22. The Morgan fingerprint density at radius 1 is 1.00 bits per heavy atom. The van der Waals surface area contributed by atoms with E-state index in [-0.39, 0.29) is 0 Å². The molecule has 1 heterocycles. The topological polar surface area (TPSA) is 37.0 Å². The number of pyridine rings is 1. The normalized spacial score (nSPS) is 10.1. The van der Waals surface area contributed by atoms with Crippen LogP contribution in [0.5, 0.6) is 0 Å². The van der Waals surface area contributed by atoms with Crippen LogP contribution in [0.4, 0.5) is 11.4 Å². The number of hydrogen-bond acceptors (Lipinski definition) is 3. The molecule has 2 rings (SSSR count). The third-order valence-electron chi connectivity index (χ3n) is 2.66. The van der Waals surface area contributed by atoms with Gasteiger partial charge in [0.2, 0.25) is 0 Å². The first-order valence-corrected chi connectivity index (χ1v) is 6.35. The molecule has 1 aromatic heterocycles. The van der Waals surface area contributed by atoms with Gasteiger partial charge in [-0.2, -0.15) is 0 Å². The molecule has 0 unspecified atom stereocenters.